The van der Waals surface area contributed by atoms with Gasteiger partial charge in [0.1, 0.15) is 12.6 Å². The third-order valence-electron chi connectivity index (χ3n) is 14.2. The van der Waals surface area contributed by atoms with E-state index in [4.69, 9.17) is 4.74 Å². The van der Waals surface area contributed by atoms with Crippen molar-refractivity contribution in [2.24, 2.45) is 46.3 Å². The molecule has 2 aromatic carbocycles. The van der Waals surface area contributed by atoms with E-state index in [-0.39, 0.29) is 77.9 Å². The van der Waals surface area contributed by atoms with Gasteiger partial charge >= 0.3 is 11.9 Å². The van der Waals surface area contributed by atoms with Gasteiger partial charge in [0.05, 0.1) is 23.5 Å². The first-order valence-electron chi connectivity index (χ1n) is 19.8. The maximum absolute atomic E-state index is 13.5. The lowest BCUT2D eigenvalue weighted by Gasteiger charge is -2.62. The van der Waals surface area contributed by atoms with Crippen molar-refractivity contribution in [2.45, 2.75) is 123 Å². The number of carboxylic acid groups (broad SMARTS) is 1. The fourth-order valence-electron chi connectivity index (χ4n) is 11.3. The number of nitrogens with one attached hydrogen (secondary N) is 2. The van der Waals surface area contributed by atoms with Crippen LogP contribution in [-0.4, -0.2) is 57.3 Å². The van der Waals surface area contributed by atoms with Gasteiger partial charge in [-0.2, -0.15) is 0 Å². The first-order valence-corrected chi connectivity index (χ1v) is 19.8. The van der Waals surface area contributed by atoms with Crippen LogP contribution in [0.15, 0.2) is 54.6 Å². The van der Waals surface area contributed by atoms with Gasteiger partial charge in [0, 0.05) is 12.8 Å². The molecule has 4 fully saturated rings. The van der Waals surface area contributed by atoms with Gasteiger partial charge in [0.2, 0.25) is 11.8 Å². The van der Waals surface area contributed by atoms with E-state index in [0.717, 1.165) is 56.9 Å². The maximum atomic E-state index is 13.5. The minimum Gasteiger partial charge on any atom is -0.478 e. The van der Waals surface area contributed by atoms with Gasteiger partial charge in [0.15, 0.2) is 0 Å². The molecule has 0 spiro atoms. The van der Waals surface area contributed by atoms with Gasteiger partial charge in [-0.05, 0) is 128 Å². The molecule has 0 aromatic heterocycles. The number of amides is 2. The van der Waals surface area contributed by atoms with Crippen LogP contribution in [0.5, 0.6) is 0 Å². The summed E-state index contributed by atoms with van der Waals surface area (Å²) >= 11 is 0. The van der Waals surface area contributed by atoms with Crippen molar-refractivity contribution in [1.29, 1.82) is 0 Å². The number of fused-ring (bicyclic) bond motifs is 5. The first kappa shape index (κ1) is 38.9. The lowest BCUT2D eigenvalue weighted by Crippen LogP contribution is -2.58. The van der Waals surface area contributed by atoms with Gasteiger partial charge in [0.25, 0.3) is 0 Å². The quantitative estimate of drug-likeness (QED) is 0.142. The van der Waals surface area contributed by atoms with Crippen molar-refractivity contribution >= 4 is 29.4 Å². The van der Waals surface area contributed by atoms with Crippen LogP contribution >= 0.6 is 0 Å². The molecule has 4 aliphatic carbocycles. The Balaban J connectivity index is 1.06. The monoisotopic (exact) mass is 730 g/mol. The van der Waals surface area contributed by atoms with Crippen molar-refractivity contribution in [1.82, 2.24) is 5.32 Å². The zero-order valence-corrected chi connectivity index (χ0v) is 31.5. The highest BCUT2D eigenvalue weighted by molar-refractivity contribution is 6.00. The Labute approximate surface area is 313 Å². The number of benzene rings is 2. The van der Waals surface area contributed by atoms with Crippen LogP contribution in [0.4, 0.5) is 5.69 Å². The van der Waals surface area contributed by atoms with E-state index in [1.54, 1.807) is 12.1 Å². The fraction of sp³-hybridized carbons (Fsp3) is 0.628. The molecule has 2 amide bonds. The molecule has 10 heteroatoms. The van der Waals surface area contributed by atoms with Crippen LogP contribution in [0.2, 0.25) is 0 Å². The molecule has 6 rings (SSSR count). The molecule has 2 aromatic rings. The summed E-state index contributed by atoms with van der Waals surface area (Å²) < 4.78 is 5.57. The van der Waals surface area contributed by atoms with E-state index in [2.05, 4.69) is 31.4 Å². The third kappa shape index (κ3) is 8.34. The predicted octanol–water partition coefficient (Wildman–Crippen LogP) is 6.74. The van der Waals surface area contributed by atoms with Gasteiger partial charge < -0.3 is 30.7 Å². The molecular formula is C43H58N2O8. The molecule has 288 valence electrons. The molecule has 4 saturated carbocycles. The summed E-state index contributed by atoms with van der Waals surface area (Å²) in [4.78, 5) is 51.3. The van der Waals surface area contributed by atoms with Crippen molar-refractivity contribution in [3.63, 3.8) is 0 Å². The number of aromatic carboxylic acids is 1. The van der Waals surface area contributed by atoms with Crippen LogP contribution in [0.1, 0.15) is 114 Å². The highest BCUT2D eigenvalue weighted by Gasteiger charge is 2.62. The number of carbonyl (C=O) groups is 4. The summed E-state index contributed by atoms with van der Waals surface area (Å²) in [6.45, 7) is 7.12. The van der Waals surface area contributed by atoms with Crippen molar-refractivity contribution < 1.29 is 39.2 Å². The average Bonchev–Trinajstić information content (AvgIpc) is 3.49. The molecule has 0 bridgehead atoms. The largest absolute Gasteiger partial charge is 0.478 e. The molecule has 5 N–H and O–H groups in total. The van der Waals surface area contributed by atoms with Crippen molar-refractivity contribution in [2.75, 3.05) is 5.32 Å². The molecular weight excluding hydrogens is 672 g/mol. The molecule has 0 heterocycles. The first-order chi connectivity index (χ1) is 25.3. The fourth-order valence-corrected chi connectivity index (χ4v) is 11.3. The Kier molecular flexibility index (Phi) is 12.0. The second-order valence-electron chi connectivity index (χ2n) is 17.1. The number of hydrogen-bond donors (Lipinski definition) is 5. The predicted molar refractivity (Wildman–Crippen MR) is 200 cm³/mol. The summed E-state index contributed by atoms with van der Waals surface area (Å²) in [5, 5.41) is 37.0. The number of para-hydroxylation sites is 1. The molecule has 0 unspecified atom stereocenters. The molecule has 11 atom stereocenters. The smallest absolute Gasteiger partial charge is 0.337 e. The molecule has 53 heavy (non-hydrogen) atoms. The second kappa shape index (κ2) is 16.3. The van der Waals surface area contributed by atoms with Crippen LogP contribution in [0, 0.1) is 46.3 Å². The number of esters is 1. The Bertz CT molecular complexity index is 1630. The van der Waals surface area contributed by atoms with Crippen LogP contribution in [0.25, 0.3) is 0 Å². The number of carbonyl (C=O) groups excluding carboxylic acids is 3. The molecule has 0 radical (unpaired) electrons. The lowest BCUT2D eigenvalue weighted by molar-refractivity contribution is -0.174. The summed E-state index contributed by atoms with van der Waals surface area (Å²) in [6.07, 6.45) is 8.04. The van der Waals surface area contributed by atoms with E-state index >= 15 is 0 Å². The van der Waals surface area contributed by atoms with Gasteiger partial charge in [-0.1, -0.05) is 63.2 Å². The number of hydrogen-bond acceptors (Lipinski definition) is 7. The number of anilines is 1. The number of aliphatic hydroxyl groups is 2. The Morgan fingerprint density at radius 3 is 2.26 bits per heavy atom. The molecule has 10 nitrogen and oxygen atoms in total. The Morgan fingerprint density at radius 2 is 1.51 bits per heavy atom. The minimum absolute atomic E-state index is 0.0119. The summed E-state index contributed by atoms with van der Waals surface area (Å²) in [7, 11) is 0. The van der Waals surface area contributed by atoms with Crippen molar-refractivity contribution in [3.8, 4) is 0 Å². The topological polar surface area (TPSA) is 162 Å². The summed E-state index contributed by atoms with van der Waals surface area (Å²) in [6, 6.07) is 14.3. The second-order valence-corrected chi connectivity index (χ2v) is 17.1. The lowest BCUT2D eigenvalue weighted by atomic mass is 9.43. The zero-order valence-electron chi connectivity index (χ0n) is 31.5. The zero-order chi connectivity index (χ0) is 37.9. The number of carboxylic acids is 1. The Morgan fingerprint density at radius 1 is 0.830 bits per heavy atom. The Hall–Kier alpha value is -3.76. The van der Waals surface area contributed by atoms with Gasteiger partial charge in [-0.25, -0.2) is 9.59 Å². The molecule has 4 aliphatic rings. The highest BCUT2D eigenvalue weighted by Crippen LogP contribution is 2.68. The summed E-state index contributed by atoms with van der Waals surface area (Å²) in [5.74, 6) is -0.276. The van der Waals surface area contributed by atoms with Crippen LogP contribution in [0.3, 0.4) is 0 Å². The van der Waals surface area contributed by atoms with Crippen LogP contribution < -0.4 is 10.6 Å². The normalized spacial score (nSPS) is 33.0. The SMILES string of the molecule is C[C@H](CCC(=O)N[C@@H](CCC(=O)Nc1ccccc1C(=O)O)C(=O)OCc1ccccc1)[C@H]1CC[C@H]2[C@@H]3[C@H](O)C[C@@H]4C[C@H](O)CC[C@]4(C)[C@H]3CC[C@]12C. The van der Waals surface area contributed by atoms with E-state index in [9.17, 15) is 34.5 Å². The molecule has 0 aliphatic heterocycles. The minimum atomic E-state index is -1.17. The molecule has 0 saturated heterocycles. The number of aliphatic hydroxyl groups excluding tert-OH is 2. The number of ether oxygens (including phenoxy) is 1. The average molecular weight is 731 g/mol. The number of rotatable bonds is 13. The van der Waals surface area contributed by atoms with Crippen molar-refractivity contribution in [3.05, 3.63) is 65.7 Å². The highest BCUT2D eigenvalue weighted by atomic mass is 16.5. The summed E-state index contributed by atoms with van der Waals surface area (Å²) in [5.41, 5.74) is 1.18. The van der Waals surface area contributed by atoms with Gasteiger partial charge in [-0.3, -0.25) is 9.59 Å². The van der Waals surface area contributed by atoms with E-state index < -0.39 is 23.9 Å². The van der Waals surface area contributed by atoms with E-state index in [1.807, 2.05) is 30.3 Å². The maximum Gasteiger partial charge on any atom is 0.337 e. The van der Waals surface area contributed by atoms with E-state index in [1.165, 1.54) is 12.1 Å². The third-order valence-corrected chi connectivity index (χ3v) is 14.2. The van der Waals surface area contributed by atoms with E-state index in [0.29, 0.717) is 30.1 Å². The standard InChI is InChI=1S/C43H58N2O8/c1-26(31-14-15-32-39-33(20-22-43(31,32)3)42(2)21-19-29(46)23-28(42)24-36(39)47)13-17-37(48)45-35(41(52)53-25-27-9-5-4-6-10-27)16-18-38(49)44-34-12-8-7-11-30(34)40(50)51/h4-12,26,28-29,31-33,35-36,39,46-47H,13-25H2,1-3H3,(H,44,49)(H,45,48)(H,50,51)/t26-,28+,29-,31-,32+,33+,35+,36-,39+,42+,43-/m1/s1. The van der Waals surface area contributed by atoms with Crippen LogP contribution in [-0.2, 0) is 25.7 Å². The van der Waals surface area contributed by atoms with Gasteiger partial charge in [-0.15, -0.1) is 0 Å².